The molecule has 0 amide bonds. The number of methoxy groups -OCH3 is 1. The summed E-state index contributed by atoms with van der Waals surface area (Å²) in [4.78, 5) is 16.8. The molecule has 0 radical (unpaired) electrons. The van der Waals surface area contributed by atoms with Crippen LogP contribution in [0.2, 0.25) is 5.15 Å². The van der Waals surface area contributed by atoms with Gasteiger partial charge in [0.15, 0.2) is 0 Å². The van der Waals surface area contributed by atoms with Gasteiger partial charge in [-0.25, -0.2) is 14.4 Å². The molecule has 0 saturated carbocycles. The van der Waals surface area contributed by atoms with Crippen LogP contribution < -0.4 is 15.0 Å². The van der Waals surface area contributed by atoms with Crippen LogP contribution in [0.4, 0.5) is 21.8 Å². The number of halogens is 2. The summed E-state index contributed by atoms with van der Waals surface area (Å²) in [7, 11) is 1.64. The highest BCUT2D eigenvalue weighted by molar-refractivity contribution is 6.29. The van der Waals surface area contributed by atoms with Gasteiger partial charge in [0.05, 0.1) is 37.2 Å². The molecule has 5 heterocycles. The van der Waals surface area contributed by atoms with Crippen molar-refractivity contribution in [3.63, 3.8) is 0 Å². The third kappa shape index (κ3) is 5.13. The molecule has 2 aromatic carbocycles. The number of rotatable bonds is 6. The van der Waals surface area contributed by atoms with E-state index in [1.54, 1.807) is 19.6 Å². The van der Waals surface area contributed by atoms with Gasteiger partial charge in [-0.3, -0.25) is 0 Å². The highest BCUT2D eigenvalue weighted by Gasteiger charge is 2.37. The molecule has 3 aliphatic heterocycles. The number of benzene rings is 2. The summed E-state index contributed by atoms with van der Waals surface area (Å²) in [5, 5.41) is 3.86. The molecule has 8 rings (SSSR count). The second-order valence-electron chi connectivity index (χ2n) is 11.0. The van der Waals surface area contributed by atoms with E-state index in [2.05, 4.69) is 15.2 Å². The van der Waals surface area contributed by atoms with Gasteiger partial charge in [0.2, 0.25) is 5.95 Å². The summed E-state index contributed by atoms with van der Waals surface area (Å²) in [6.45, 7) is 1.56. The molecule has 0 spiro atoms. The van der Waals surface area contributed by atoms with E-state index >= 15 is 0 Å². The first-order chi connectivity index (χ1) is 20.1. The highest BCUT2D eigenvalue weighted by Crippen LogP contribution is 2.43. The third-order valence-corrected chi connectivity index (χ3v) is 8.71. The van der Waals surface area contributed by atoms with Crippen LogP contribution in [0.3, 0.4) is 0 Å². The van der Waals surface area contributed by atoms with Crippen molar-refractivity contribution in [2.45, 2.75) is 56.6 Å². The molecule has 3 saturated heterocycles. The van der Waals surface area contributed by atoms with Crippen molar-refractivity contribution in [2.24, 2.45) is 0 Å². The normalized spacial score (nSPS) is 21.8. The zero-order valence-electron chi connectivity index (χ0n) is 22.9. The summed E-state index contributed by atoms with van der Waals surface area (Å²) >= 11 is 6.04. The lowest BCUT2D eigenvalue weighted by Gasteiger charge is -2.43. The number of nitrogens with zero attached hydrogens (tertiary/aromatic N) is 5. The molecule has 8 nitrogen and oxygen atoms in total. The summed E-state index contributed by atoms with van der Waals surface area (Å²) in [5.74, 6) is 2.04. The van der Waals surface area contributed by atoms with Gasteiger partial charge in [-0.1, -0.05) is 36.6 Å². The minimum atomic E-state index is -0.232. The third-order valence-electron chi connectivity index (χ3n) is 8.52. The minimum Gasteiger partial charge on any atom is -0.494 e. The summed E-state index contributed by atoms with van der Waals surface area (Å²) in [5.41, 5.74) is 4.90. The zero-order valence-corrected chi connectivity index (χ0v) is 23.6. The molecule has 2 bridgehead atoms. The van der Waals surface area contributed by atoms with E-state index in [0.29, 0.717) is 22.9 Å². The molecule has 1 unspecified atom stereocenters. The van der Waals surface area contributed by atoms with Crippen LogP contribution in [-0.4, -0.2) is 51.9 Å². The molecule has 10 heteroatoms. The summed E-state index contributed by atoms with van der Waals surface area (Å²) < 4.78 is 27.5. The molecule has 1 N–H and O–H groups in total. The zero-order chi connectivity index (χ0) is 27.9. The van der Waals surface area contributed by atoms with E-state index < -0.39 is 0 Å². The second kappa shape index (κ2) is 10.9. The minimum absolute atomic E-state index is 0.0824. The Balaban J connectivity index is 1.28. The number of hydrogen-bond acceptors (Lipinski definition) is 7. The van der Waals surface area contributed by atoms with E-state index in [1.807, 2.05) is 34.9 Å². The largest absolute Gasteiger partial charge is 0.494 e. The van der Waals surface area contributed by atoms with Gasteiger partial charge < -0.3 is 24.3 Å². The van der Waals surface area contributed by atoms with Gasteiger partial charge >= 0.3 is 0 Å². The Morgan fingerprint density at radius 2 is 1.93 bits per heavy atom. The number of imidazole rings is 1. The van der Waals surface area contributed by atoms with E-state index in [9.17, 15) is 4.39 Å². The maximum absolute atomic E-state index is 13.8. The summed E-state index contributed by atoms with van der Waals surface area (Å²) in [6, 6.07) is 12.9. The van der Waals surface area contributed by atoms with E-state index in [0.717, 1.165) is 67.3 Å². The van der Waals surface area contributed by atoms with Crippen molar-refractivity contribution >= 4 is 29.1 Å². The molecular weight excluding hydrogens is 543 g/mol. The fraction of sp³-hybridized carbons (Fsp3) is 0.387. The SMILES string of the molecule is COc1cc(Nc2nc3c(c(N4C[C@@H]5CCCC[C@H]4CO5)n2)CCC3c2ccc(F)cc2)ccc1-n1cnc(Cl)c1. The molecule has 4 aliphatic rings. The summed E-state index contributed by atoms with van der Waals surface area (Å²) in [6.07, 6.45) is 9.99. The van der Waals surface area contributed by atoms with Gasteiger partial charge in [-0.15, -0.1) is 0 Å². The van der Waals surface area contributed by atoms with E-state index in [1.165, 1.54) is 30.5 Å². The lowest BCUT2D eigenvalue weighted by molar-refractivity contribution is 0.00175. The fourth-order valence-electron chi connectivity index (χ4n) is 6.47. The average Bonchev–Trinajstić information content (AvgIpc) is 3.59. The van der Waals surface area contributed by atoms with Crippen molar-refractivity contribution in [3.05, 3.63) is 82.8 Å². The first-order valence-corrected chi connectivity index (χ1v) is 14.6. The van der Waals surface area contributed by atoms with Crippen LogP contribution in [0.1, 0.15) is 54.8 Å². The molecule has 3 atom stereocenters. The maximum Gasteiger partial charge on any atom is 0.229 e. The van der Waals surface area contributed by atoms with E-state index in [4.69, 9.17) is 31.0 Å². The van der Waals surface area contributed by atoms with Crippen molar-refractivity contribution in [3.8, 4) is 11.4 Å². The number of nitrogens with one attached hydrogen (secondary N) is 1. The van der Waals surface area contributed by atoms with Gasteiger partial charge in [-0.05, 0) is 55.5 Å². The second-order valence-corrected chi connectivity index (χ2v) is 11.4. The van der Waals surface area contributed by atoms with Crippen LogP contribution in [0.5, 0.6) is 5.75 Å². The molecule has 1 aliphatic carbocycles. The Kier molecular flexibility index (Phi) is 7.00. The van der Waals surface area contributed by atoms with E-state index in [-0.39, 0.29) is 17.8 Å². The number of fused-ring (bicyclic) bond motifs is 6. The monoisotopic (exact) mass is 574 g/mol. The molecule has 41 heavy (non-hydrogen) atoms. The van der Waals surface area contributed by atoms with Crippen LogP contribution in [-0.2, 0) is 11.2 Å². The van der Waals surface area contributed by atoms with Gasteiger partial charge in [0.1, 0.15) is 28.9 Å². The first kappa shape index (κ1) is 26.2. The lowest BCUT2D eigenvalue weighted by Crippen LogP contribution is -2.51. The standard InChI is InChI=1S/C31H32ClFN6O2/c1-40-27-14-21(10-13-26(27)38-16-28(32)34-18-38)35-31-36-29-24(19-6-8-20(33)9-7-19)11-12-25(29)30(37-31)39-15-23-5-3-2-4-22(39)17-41-23/h6-10,13-14,16,18,22-24H,2-5,11-12,15,17H2,1H3,(H,35,36,37)/t22-,23-,24?/m0/s1. The number of anilines is 3. The smallest absolute Gasteiger partial charge is 0.229 e. The van der Waals surface area contributed by atoms with Crippen LogP contribution in [0, 0.1) is 5.82 Å². The predicted molar refractivity (Wildman–Crippen MR) is 156 cm³/mol. The highest BCUT2D eigenvalue weighted by atomic mass is 35.5. The lowest BCUT2D eigenvalue weighted by atomic mass is 9.96. The molecular formula is C31H32ClFN6O2. The van der Waals surface area contributed by atoms with Crippen LogP contribution in [0.15, 0.2) is 55.0 Å². The quantitative estimate of drug-likeness (QED) is 0.284. The number of ether oxygens (including phenoxy) is 2. The first-order valence-electron chi connectivity index (χ1n) is 14.2. The van der Waals surface area contributed by atoms with Crippen molar-refractivity contribution in [1.29, 1.82) is 0 Å². The average molecular weight is 575 g/mol. The van der Waals surface area contributed by atoms with Gasteiger partial charge in [0, 0.05) is 36.0 Å². The van der Waals surface area contributed by atoms with Crippen LogP contribution >= 0.6 is 11.6 Å². The van der Waals surface area contributed by atoms with Gasteiger partial charge in [-0.2, -0.15) is 4.98 Å². The van der Waals surface area contributed by atoms with Crippen molar-refractivity contribution in [1.82, 2.24) is 19.5 Å². The Hall–Kier alpha value is -3.69. The molecule has 4 aromatic rings. The molecule has 3 fully saturated rings. The van der Waals surface area contributed by atoms with Crippen molar-refractivity contribution < 1.29 is 13.9 Å². The Morgan fingerprint density at radius 1 is 1.07 bits per heavy atom. The molecule has 212 valence electrons. The van der Waals surface area contributed by atoms with Crippen molar-refractivity contribution in [2.75, 3.05) is 30.5 Å². The fourth-order valence-corrected chi connectivity index (χ4v) is 6.62. The Morgan fingerprint density at radius 3 is 2.73 bits per heavy atom. The predicted octanol–water partition coefficient (Wildman–Crippen LogP) is 6.43. The number of aromatic nitrogens is 4. The Bertz CT molecular complexity index is 1560. The number of morpholine rings is 1. The Labute approximate surface area is 243 Å². The van der Waals surface area contributed by atoms with Crippen LogP contribution in [0.25, 0.3) is 5.69 Å². The number of hydrogen-bond donors (Lipinski definition) is 1. The maximum atomic E-state index is 13.8. The molecule has 2 aromatic heterocycles. The topological polar surface area (TPSA) is 77.3 Å². The van der Waals surface area contributed by atoms with Gasteiger partial charge in [0.25, 0.3) is 0 Å².